The van der Waals surface area contributed by atoms with Gasteiger partial charge in [0, 0.05) is 18.0 Å². The smallest absolute Gasteiger partial charge is 0.358 e. The first-order valence-corrected chi connectivity index (χ1v) is 7.17. The van der Waals surface area contributed by atoms with Crippen LogP contribution in [0, 0.1) is 0 Å². The van der Waals surface area contributed by atoms with Gasteiger partial charge >= 0.3 is 12.0 Å². The molecule has 7 nitrogen and oxygen atoms in total. The number of rotatable bonds is 4. The van der Waals surface area contributed by atoms with Crippen molar-refractivity contribution in [2.75, 3.05) is 13.7 Å². The van der Waals surface area contributed by atoms with Crippen molar-refractivity contribution < 1.29 is 19.1 Å². The summed E-state index contributed by atoms with van der Waals surface area (Å²) in [6.07, 6.45) is 0. The Bertz CT molecular complexity index is 684. The molecule has 0 bridgehead atoms. The lowest BCUT2D eigenvalue weighted by Gasteiger charge is -2.03. The Morgan fingerprint density at radius 3 is 2.64 bits per heavy atom. The second kappa shape index (κ2) is 7.32. The fourth-order valence-corrected chi connectivity index (χ4v) is 2.31. The molecule has 0 spiro atoms. The van der Waals surface area contributed by atoms with Gasteiger partial charge in [-0.2, -0.15) is 0 Å². The molecule has 8 heteroatoms. The number of urea groups is 1. The molecule has 0 atom stereocenters. The number of ether oxygens (including phenoxy) is 1. The van der Waals surface area contributed by atoms with Crippen molar-refractivity contribution >= 4 is 29.2 Å². The molecule has 1 heterocycles. The predicted molar refractivity (Wildman–Crippen MR) is 80.4 cm³/mol. The fourth-order valence-electron chi connectivity index (χ4n) is 1.51. The number of hydrogen-bond donors (Lipinski definition) is 2. The van der Waals surface area contributed by atoms with Gasteiger partial charge in [0.15, 0.2) is 12.3 Å². The number of esters is 1. The number of imide groups is 1. The van der Waals surface area contributed by atoms with Gasteiger partial charge in [-0.05, 0) is 0 Å². The lowest BCUT2D eigenvalue weighted by atomic mass is 10.2. The van der Waals surface area contributed by atoms with E-state index < -0.39 is 24.5 Å². The quantitative estimate of drug-likeness (QED) is 0.831. The molecule has 0 aliphatic rings. The largest absolute Gasteiger partial charge is 0.451 e. The molecule has 1 aromatic carbocycles. The summed E-state index contributed by atoms with van der Waals surface area (Å²) < 4.78 is 4.80. The highest BCUT2D eigenvalue weighted by Crippen LogP contribution is 2.23. The number of thiazole rings is 1. The van der Waals surface area contributed by atoms with E-state index in [-0.39, 0.29) is 5.69 Å². The molecule has 3 amide bonds. The van der Waals surface area contributed by atoms with Crippen LogP contribution in [0.3, 0.4) is 0 Å². The van der Waals surface area contributed by atoms with Crippen LogP contribution in [0.2, 0.25) is 0 Å². The van der Waals surface area contributed by atoms with Gasteiger partial charge in [0.05, 0.1) is 0 Å². The maximum absolute atomic E-state index is 11.8. The van der Waals surface area contributed by atoms with Gasteiger partial charge in [-0.15, -0.1) is 11.3 Å². The summed E-state index contributed by atoms with van der Waals surface area (Å²) in [5, 5.41) is 6.44. The number of aromatic nitrogens is 1. The van der Waals surface area contributed by atoms with Crippen LogP contribution in [-0.2, 0) is 9.53 Å². The van der Waals surface area contributed by atoms with Gasteiger partial charge in [0.25, 0.3) is 5.91 Å². The molecular formula is C14H13N3O4S. The number of hydrogen-bond acceptors (Lipinski definition) is 6. The molecule has 0 radical (unpaired) electrons. The standard InChI is InChI=1S/C14H13N3O4S/c1-15-14(20)17-11(18)7-21-13(19)10-8-22-12(16-10)9-5-3-2-4-6-9/h2-6,8H,7H2,1H3,(H2,15,17,18,20). The maximum atomic E-state index is 11.8. The van der Waals surface area contributed by atoms with Gasteiger partial charge < -0.3 is 10.1 Å². The van der Waals surface area contributed by atoms with E-state index in [1.165, 1.54) is 18.4 Å². The molecule has 2 rings (SSSR count). The Labute approximate surface area is 130 Å². The Morgan fingerprint density at radius 1 is 1.23 bits per heavy atom. The summed E-state index contributed by atoms with van der Waals surface area (Å²) in [5.41, 5.74) is 1.01. The highest BCUT2D eigenvalue weighted by molar-refractivity contribution is 7.13. The molecule has 0 fully saturated rings. The Kier molecular flexibility index (Phi) is 5.21. The van der Waals surface area contributed by atoms with Crippen molar-refractivity contribution in [2.24, 2.45) is 0 Å². The van der Waals surface area contributed by atoms with Crippen molar-refractivity contribution in [1.82, 2.24) is 15.6 Å². The van der Waals surface area contributed by atoms with Crippen molar-refractivity contribution in [3.8, 4) is 10.6 Å². The number of carbonyl (C=O) groups is 3. The van der Waals surface area contributed by atoms with Gasteiger partial charge in [-0.3, -0.25) is 10.1 Å². The summed E-state index contributed by atoms with van der Waals surface area (Å²) in [5.74, 6) is -1.43. The molecule has 2 aromatic rings. The topological polar surface area (TPSA) is 97.4 Å². The Hall–Kier alpha value is -2.74. The van der Waals surface area contributed by atoms with Crippen LogP contribution in [0.15, 0.2) is 35.7 Å². The molecule has 114 valence electrons. The third-order valence-corrected chi connectivity index (χ3v) is 3.44. The molecule has 1 aromatic heterocycles. The summed E-state index contributed by atoms with van der Waals surface area (Å²) in [6.45, 7) is -0.551. The monoisotopic (exact) mass is 319 g/mol. The van der Waals surface area contributed by atoms with E-state index in [2.05, 4.69) is 10.3 Å². The van der Waals surface area contributed by atoms with Crippen molar-refractivity contribution in [3.05, 3.63) is 41.4 Å². The van der Waals surface area contributed by atoms with Gasteiger partial charge in [0.1, 0.15) is 5.01 Å². The van der Waals surface area contributed by atoms with Crippen molar-refractivity contribution in [2.45, 2.75) is 0 Å². The summed E-state index contributed by atoms with van der Waals surface area (Å²) in [7, 11) is 1.37. The summed E-state index contributed by atoms with van der Waals surface area (Å²) >= 11 is 1.30. The van der Waals surface area contributed by atoms with Crippen molar-refractivity contribution in [3.63, 3.8) is 0 Å². The van der Waals surface area contributed by atoms with E-state index in [0.29, 0.717) is 5.01 Å². The van der Waals surface area contributed by atoms with Crippen LogP contribution in [-0.4, -0.2) is 36.5 Å². The number of amides is 3. The first kappa shape index (κ1) is 15.6. The highest BCUT2D eigenvalue weighted by Gasteiger charge is 2.15. The van der Waals surface area contributed by atoms with Crippen LogP contribution in [0.4, 0.5) is 4.79 Å². The average molecular weight is 319 g/mol. The third-order valence-electron chi connectivity index (χ3n) is 2.55. The van der Waals surface area contributed by atoms with Crippen LogP contribution in [0.1, 0.15) is 10.5 Å². The van der Waals surface area contributed by atoms with E-state index in [1.54, 1.807) is 5.38 Å². The maximum Gasteiger partial charge on any atom is 0.358 e. The minimum Gasteiger partial charge on any atom is -0.451 e. The number of benzene rings is 1. The van der Waals surface area contributed by atoms with E-state index in [4.69, 9.17) is 4.74 Å². The highest BCUT2D eigenvalue weighted by atomic mass is 32.1. The summed E-state index contributed by atoms with van der Waals surface area (Å²) in [6, 6.07) is 8.73. The van der Waals surface area contributed by atoms with Gasteiger partial charge in [0.2, 0.25) is 0 Å². The first-order chi connectivity index (χ1) is 10.6. The molecule has 2 N–H and O–H groups in total. The Morgan fingerprint density at radius 2 is 1.95 bits per heavy atom. The molecule has 0 aliphatic heterocycles. The minimum absolute atomic E-state index is 0.122. The molecule has 0 saturated heterocycles. The van der Waals surface area contributed by atoms with E-state index in [9.17, 15) is 14.4 Å². The van der Waals surface area contributed by atoms with E-state index >= 15 is 0 Å². The van der Waals surface area contributed by atoms with Crippen molar-refractivity contribution in [1.29, 1.82) is 0 Å². The normalized spacial score (nSPS) is 9.86. The third kappa shape index (κ3) is 4.13. The van der Waals surface area contributed by atoms with Gasteiger partial charge in [-0.25, -0.2) is 14.6 Å². The number of nitrogens with zero attached hydrogens (tertiary/aromatic N) is 1. The molecule has 0 saturated carbocycles. The summed E-state index contributed by atoms with van der Waals surface area (Å²) in [4.78, 5) is 38.2. The lowest BCUT2D eigenvalue weighted by molar-refractivity contribution is -0.123. The van der Waals surface area contributed by atoms with E-state index in [0.717, 1.165) is 5.56 Å². The van der Waals surface area contributed by atoms with Crippen LogP contribution < -0.4 is 10.6 Å². The molecule has 22 heavy (non-hydrogen) atoms. The fraction of sp³-hybridized carbons (Fsp3) is 0.143. The zero-order valence-corrected chi connectivity index (χ0v) is 12.5. The molecule has 0 aliphatic carbocycles. The van der Waals surface area contributed by atoms with Crippen LogP contribution in [0.5, 0.6) is 0 Å². The van der Waals surface area contributed by atoms with Gasteiger partial charge in [-0.1, -0.05) is 30.3 Å². The zero-order chi connectivity index (χ0) is 15.9. The second-order valence-electron chi connectivity index (χ2n) is 4.11. The first-order valence-electron chi connectivity index (χ1n) is 6.30. The van der Waals surface area contributed by atoms with E-state index in [1.807, 2.05) is 35.6 Å². The Balaban J connectivity index is 1.92. The molecule has 0 unspecified atom stereocenters. The minimum atomic E-state index is -0.717. The lowest BCUT2D eigenvalue weighted by Crippen LogP contribution is -2.39. The van der Waals surface area contributed by atoms with Crippen LogP contribution >= 0.6 is 11.3 Å². The van der Waals surface area contributed by atoms with Crippen LogP contribution in [0.25, 0.3) is 10.6 Å². The number of nitrogens with one attached hydrogen (secondary N) is 2. The second-order valence-corrected chi connectivity index (χ2v) is 4.97. The molecular weight excluding hydrogens is 306 g/mol. The average Bonchev–Trinajstić information content (AvgIpc) is 3.03. The zero-order valence-electron chi connectivity index (χ0n) is 11.7. The predicted octanol–water partition coefficient (Wildman–Crippen LogP) is 1.42. The SMILES string of the molecule is CNC(=O)NC(=O)COC(=O)c1csc(-c2ccccc2)n1. The number of carbonyl (C=O) groups excluding carboxylic acids is 3.